The summed E-state index contributed by atoms with van der Waals surface area (Å²) in [7, 11) is 0. The van der Waals surface area contributed by atoms with E-state index in [4.69, 9.17) is 4.42 Å². The largest absolute Gasteiger partial charge is 0.472 e. The predicted molar refractivity (Wildman–Crippen MR) is 97.8 cm³/mol. The number of amides is 2. The molecule has 1 atom stereocenters. The third-order valence-corrected chi connectivity index (χ3v) is 5.99. The molecule has 1 unspecified atom stereocenters. The Morgan fingerprint density at radius 3 is 2.54 bits per heavy atom. The van der Waals surface area contributed by atoms with Gasteiger partial charge in [0.1, 0.15) is 6.26 Å². The Kier molecular flexibility index (Phi) is 4.31. The molecule has 2 fully saturated rings. The minimum atomic E-state index is -0.125. The van der Waals surface area contributed by atoms with Gasteiger partial charge in [0.2, 0.25) is 5.91 Å². The molecular formula is C21H24N2O3. The number of likely N-dealkylation sites (tertiary alicyclic amines) is 2. The highest BCUT2D eigenvalue weighted by Gasteiger charge is 2.51. The van der Waals surface area contributed by atoms with Crippen LogP contribution in [0.4, 0.5) is 0 Å². The number of furan rings is 1. The summed E-state index contributed by atoms with van der Waals surface area (Å²) in [5.74, 6) is 0.182. The molecule has 2 aliphatic heterocycles. The Bertz CT molecular complexity index is 777. The van der Waals surface area contributed by atoms with Crippen LogP contribution in [0.3, 0.4) is 0 Å². The summed E-state index contributed by atoms with van der Waals surface area (Å²) in [5.41, 5.74) is 1.57. The molecule has 2 aliphatic rings. The molecule has 0 aliphatic carbocycles. The Balaban J connectivity index is 1.52. The van der Waals surface area contributed by atoms with E-state index >= 15 is 0 Å². The SMILES string of the molecule is CCN1C(=O)C(c2ccccc2)CC12CCN(C(=O)c1ccoc1)CC2. The average molecular weight is 352 g/mol. The molecule has 5 heteroatoms. The normalized spacial score (nSPS) is 22.2. The molecular weight excluding hydrogens is 328 g/mol. The Hall–Kier alpha value is -2.56. The van der Waals surface area contributed by atoms with Crippen LogP contribution in [0.15, 0.2) is 53.3 Å². The van der Waals surface area contributed by atoms with E-state index in [9.17, 15) is 9.59 Å². The van der Waals surface area contributed by atoms with Gasteiger partial charge in [0.15, 0.2) is 0 Å². The highest BCUT2D eigenvalue weighted by Crippen LogP contribution is 2.45. The molecule has 4 rings (SSSR count). The molecule has 26 heavy (non-hydrogen) atoms. The molecule has 136 valence electrons. The van der Waals surface area contributed by atoms with Crippen LogP contribution in [0, 0.1) is 0 Å². The molecule has 2 saturated heterocycles. The third kappa shape index (κ3) is 2.71. The highest BCUT2D eigenvalue weighted by molar-refractivity contribution is 5.94. The third-order valence-electron chi connectivity index (χ3n) is 5.99. The zero-order valence-corrected chi connectivity index (χ0v) is 15.1. The second-order valence-electron chi connectivity index (χ2n) is 7.28. The van der Waals surface area contributed by atoms with Crippen LogP contribution in [0.2, 0.25) is 0 Å². The maximum Gasteiger partial charge on any atom is 0.257 e. The van der Waals surface area contributed by atoms with Crippen molar-refractivity contribution < 1.29 is 14.0 Å². The zero-order chi connectivity index (χ0) is 18.1. The molecule has 3 heterocycles. The van der Waals surface area contributed by atoms with Gasteiger partial charge in [-0.25, -0.2) is 0 Å². The van der Waals surface area contributed by atoms with E-state index in [-0.39, 0.29) is 23.3 Å². The van der Waals surface area contributed by atoms with Crippen molar-refractivity contribution in [2.75, 3.05) is 19.6 Å². The van der Waals surface area contributed by atoms with E-state index < -0.39 is 0 Å². The fraction of sp³-hybridized carbons (Fsp3) is 0.429. The van der Waals surface area contributed by atoms with Gasteiger partial charge in [-0.05, 0) is 37.8 Å². The molecule has 1 aromatic heterocycles. The van der Waals surface area contributed by atoms with Gasteiger partial charge in [-0.3, -0.25) is 9.59 Å². The lowest BCUT2D eigenvalue weighted by atomic mass is 9.81. The number of nitrogens with zero attached hydrogens (tertiary/aromatic N) is 2. The highest BCUT2D eigenvalue weighted by atomic mass is 16.3. The van der Waals surface area contributed by atoms with E-state index in [1.165, 1.54) is 12.5 Å². The first-order chi connectivity index (χ1) is 12.6. The number of piperidine rings is 1. The molecule has 1 spiro atoms. The molecule has 0 saturated carbocycles. The summed E-state index contributed by atoms with van der Waals surface area (Å²) >= 11 is 0. The van der Waals surface area contributed by atoms with Crippen molar-refractivity contribution in [3.63, 3.8) is 0 Å². The van der Waals surface area contributed by atoms with Gasteiger partial charge >= 0.3 is 0 Å². The summed E-state index contributed by atoms with van der Waals surface area (Å²) in [6, 6.07) is 11.8. The molecule has 2 amide bonds. The van der Waals surface area contributed by atoms with Crippen molar-refractivity contribution in [1.82, 2.24) is 9.80 Å². The van der Waals surface area contributed by atoms with Crippen molar-refractivity contribution in [3.05, 3.63) is 60.1 Å². The van der Waals surface area contributed by atoms with E-state index in [1.54, 1.807) is 6.07 Å². The van der Waals surface area contributed by atoms with Gasteiger partial charge in [-0.1, -0.05) is 30.3 Å². The van der Waals surface area contributed by atoms with E-state index in [1.807, 2.05) is 35.2 Å². The van der Waals surface area contributed by atoms with Crippen molar-refractivity contribution >= 4 is 11.8 Å². The summed E-state index contributed by atoms with van der Waals surface area (Å²) in [6.07, 6.45) is 5.53. The van der Waals surface area contributed by atoms with Crippen molar-refractivity contribution in [2.45, 2.75) is 37.6 Å². The maximum absolute atomic E-state index is 13.0. The smallest absolute Gasteiger partial charge is 0.257 e. The predicted octanol–water partition coefficient (Wildman–Crippen LogP) is 3.29. The lowest BCUT2D eigenvalue weighted by Crippen LogP contribution is -2.54. The fourth-order valence-electron chi connectivity index (χ4n) is 4.61. The molecule has 0 N–H and O–H groups in total. The first-order valence-electron chi connectivity index (χ1n) is 9.32. The van der Waals surface area contributed by atoms with Crippen molar-refractivity contribution in [1.29, 1.82) is 0 Å². The van der Waals surface area contributed by atoms with Gasteiger partial charge in [0, 0.05) is 25.2 Å². The van der Waals surface area contributed by atoms with Crippen LogP contribution in [0.1, 0.15) is 48.0 Å². The molecule has 2 aromatic rings. The van der Waals surface area contributed by atoms with Gasteiger partial charge in [-0.2, -0.15) is 0 Å². The number of carbonyl (C=O) groups is 2. The molecule has 0 radical (unpaired) electrons. The quantitative estimate of drug-likeness (QED) is 0.852. The first kappa shape index (κ1) is 16.9. The van der Waals surface area contributed by atoms with Gasteiger partial charge in [-0.15, -0.1) is 0 Å². The number of rotatable bonds is 3. The first-order valence-corrected chi connectivity index (χ1v) is 9.32. The minimum Gasteiger partial charge on any atom is -0.472 e. The van der Waals surface area contributed by atoms with Gasteiger partial charge in [0.05, 0.1) is 17.7 Å². The van der Waals surface area contributed by atoms with Crippen LogP contribution < -0.4 is 0 Å². The van der Waals surface area contributed by atoms with Crippen LogP contribution in [-0.4, -0.2) is 46.8 Å². The minimum absolute atomic E-state index is 0.0144. The Labute approximate surface area is 153 Å². The van der Waals surface area contributed by atoms with Crippen LogP contribution in [0.25, 0.3) is 0 Å². The molecule has 5 nitrogen and oxygen atoms in total. The number of hydrogen-bond acceptors (Lipinski definition) is 3. The Morgan fingerprint density at radius 1 is 1.19 bits per heavy atom. The van der Waals surface area contributed by atoms with E-state index in [0.29, 0.717) is 18.7 Å². The number of likely N-dealkylation sites (N-methyl/N-ethyl adjacent to an activating group) is 1. The summed E-state index contributed by atoms with van der Waals surface area (Å²) in [5, 5.41) is 0. The van der Waals surface area contributed by atoms with E-state index in [0.717, 1.165) is 31.4 Å². The number of carbonyl (C=O) groups excluding carboxylic acids is 2. The topological polar surface area (TPSA) is 53.8 Å². The Morgan fingerprint density at radius 2 is 1.92 bits per heavy atom. The maximum atomic E-state index is 13.0. The van der Waals surface area contributed by atoms with Crippen LogP contribution in [-0.2, 0) is 4.79 Å². The van der Waals surface area contributed by atoms with Crippen molar-refractivity contribution in [2.24, 2.45) is 0 Å². The summed E-state index contributed by atoms with van der Waals surface area (Å²) < 4.78 is 5.03. The second-order valence-corrected chi connectivity index (χ2v) is 7.28. The zero-order valence-electron chi connectivity index (χ0n) is 15.1. The lowest BCUT2D eigenvalue weighted by Gasteiger charge is -2.44. The van der Waals surface area contributed by atoms with Crippen LogP contribution >= 0.6 is 0 Å². The average Bonchev–Trinajstić information content (AvgIpc) is 3.30. The summed E-state index contributed by atoms with van der Waals surface area (Å²) in [6.45, 7) is 4.12. The van der Waals surface area contributed by atoms with Crippen LogP contribution in [0.5, 0.6) is 0 Å². The van der Waals surface area contributed by atoms with Gasteiger partial charge < -0.3 is 14.2 Å². The van der Waals surface area contributed by atoms with E-state index in [2.05, 4.69) is 11.8 Å². The van der Waals surface area contributed by atoms with Crippen molar-refractivity contribution in [3.8, 4) is 0 Å². The number of hydrogen-bond donors (Lipinski definition) is 0. The summed E-state index contributed by atoms with van der Waals surface area (Å²) in [4.78, 5) is 29.5. The second kappa shape index (κ2) is 6.63. The lowest BCUT2D eigenvalue weighted by molar-refractivity contribution is -0.133. The monoisotopic (exact) mass is 352 g/mol. The standard InChI is InChI=1S/C21H24N2O3/c1-2-23-20(25)18(16-6-4-3-5-7-16)14-21(23)9-11-22(12-10-21)19(24)17-8-13-26-15-17/h3-8,13,15,18H,2,9-12,14H2,1H3. The fourth-order valence-corrected chi connectivity index (χ4v) is 4.61. The van der Waals surface area contributed by atoms with Gasteiger partial charge in [0.25, 0.3) is 5.91 Å². The number of benzene rings is 1. The molecule has 0 bridgehead atoms. The molecule has 1 aromatic carbocycles.